The van der Waals surface area contributed by atoms with Gasteiger partial charge in [-0.15, -0.1) is 0 Å². The Morgan fingerprint density at radius 1 is 1.28 bits per heavy atom. The highest BCUT2D eigenvalue weighted by Crippen LogP contribution is 2.36. The number of nitrogens with zero attached hydrogens (tertiary/aromatic N) is 2. The Hall–Kier alpha value is -1.96. The minimum Gasteiger partial charge on any atom is -0.424 e. The zero-order valence-electron chi connectivity index (χ0n) is 14.7. The van der Waals surface area contributed by atoms with Crippen molar-refractivity contribution in [3.63, 3.8) is 0 Å². The maximum atomic E-state index is 14.3. The maximum Gasteiger partial charge on any atom is 0.308 e. The molecular weight excluding hydrogens is 327 g/mol. The molecule has 6 nitrogen and oxygen atoms in total. The van der Waals surface area contributed by atoms with Gasteiger partial charge in [-0.3, -0.25) is 15.2 Å². The lowest BCUT2D eigenvalue weighted by atomic mass is 9.87. The van der Waals surface area contributed by atoms with Crippen LogP contribution in [0.4, 0.5) is 4.39 Å². The van der Waals surface area contributed by atoms with Crippen LogP contribution in [0.25, 0.3) is 5.70 Å². The molecule has 0 radical (unpaired) electrons. The first-order chi connectivity index (χ1) is 11.9. The smallest absolute Gasteiger partial charge is 0.308 e. The van der Waals surface area contributed by atoms with E-state index in [1.165, 1.54) is 24.6 Å². The van der Waals surface area contributed by atoms with Gasteiger partial charge in [0.2, 0.25) is 0 Å². The van der Waals surface area contributed by atoms with Crippen molar-refractivity contribution in [1.29, 1.82) is 0 Å². The van der Waals surface area contributed by atoms with Gasteiger partial charge >= 0.3 is 5.97 Å². The van der Waals surface area contributed by atoms with Crippen molar-refractivity contribution in [2.45, 2.75) is 39.5 Å². The zero-order chi connectivity index (χ0) is 18.4. The van der Waals surface area contributed by atoms with Gasteiger partial charge in [0.15, 0.2) is 11.6 Å². The molecular formula is C18H25FN2O4. The number of carbonyl (C=O) groups is 1. The molecule has 0 unspecified atom stereocenters. The van der Waals surface area contributed by atoms with Crippen molar-refractivity contribution in [3.8, 4) is 5.75 Å². The lowest BCUT2D eigenvalue weighted by molar-refractivity contribution is -0.306. The van der Waals surface area contributed by atoms with Gasteiger partial charge in [-0.25, -0.2) is 4.39 Å². The van der Waals surface area contributed by atoms with Crippen molar-refractivity contribution in [2.75, 3.05) is 19.6 Å². The second-order valence-electron chi connectivity index (χ2n) is 6.07. The number of allylic oxidation sites excluding steroid dienone is 1. The van der Waals surface area contributed by atoms with Crippen LogP contribution in [0.2, 0.25) is 0 Å². The van der Waals surface area contributed by atoms with Gasteiger partial charge in [-0.05, 0) is 56.4 Å². The fourth-order valence-corrected chi connectivity index (χ4v) is 2.92. The van der Waals surface area contributed by atoms with E-state index in [1.54, 1.807) is 6.07 Å². The van der Waals surface area contributed by atoms with Gasteiger partial charge < -0.3 is 9.64 Å². The molecule has 0 heterocycles. The number of ether oxygens (including phenoxy) is 1. The van der Waals surface area contributed by atoms with E-state index < -0.39 is 11.8 Å². The predicted octanol–water partition coefficient (Wildman–Crippen LogP) is 3.44. The summed E-state index contributed by atoms with van der Waals surface area (Å²) in [6.45, 7) is 4.74. The highest BCUT2D eigenvalue weighted by molar-refractivity contribution is 5.71. The first-order valence-corrected chi connectivity index (χ1v) is 8.53. The Morgan fingerprint density at radius 3 is 2.48 bits per heavy atom. The number of halogens is 1. The van der Waals surface area contributed by atoms with Crippen LogP contribution < -0.4 is 4.74 Å². The Labute approximate surface area is 147 Å². The fraction of sp³-hybridized carbons (Fsp3) is 0.500. The van der Waals surface area contributed by atoms with E-state index in [0.29, 0.717) is 13.0 Å². The quantitative estimate of drug-likeness (QED) is 0.424. The van der Waals surface area contributed by atoms with Crippen LogP contribution in [0, 0.1) is 5.82 Å². The van der Waals surface area contributed by atoms with Crippen LogP contribution in [-0.4, -0.2) is 46.1 Å². The van der Waals surface area contributed by atoms with Crippen molar-refractivity contribution >= 4 is 11.7 Å². The van der Waals surface area contributed by atoms with Crippen LogP contribution in [0.3, 0.4) is 0 Å². The summed E-state index contributed by atoms with van der Waals surface area (Å²) < 4.78 is 19.1. The number of hydroxylamine groups is 2. The van der Waals surface area contributed by atoms with Crippen LogP contribution >= 0.6 is 0 Å². The van der Waals surface area contributed by atoms with Crippen LogP contribution in [0.5, 0.6) is 5.75 Å². The molecule has 2 N–H and O–H groups in total. The van der Waals surface area contributed by atoms with Crippen LogP contribution in [0.1, 0.15) is 45.1 Å². The van der Waals surface area contributed by atoms with E-state index >= 15 is 0 Å². The fourth-order valence-electron chi connectivity index (χ4n) is 2.92. The third-order valence-corrected chi connectivity index (χ3v) is 4.24. The largest absolute Gasteiger partial charge is 0.424 e. The van der Waals surface area contributed by atoms with Gasteiger partial charge in [-0.2, -0.15) is 0 Å². The van der Waals surface area contributed by atoms with E-state index in [-0.39, 0.29) is 17.5 Å². The third-order valence-electron chi connectivity index (χ3n) is 4.24. The minimum absolute atomic E-state index is 0.0755. The lowest BCUT2D eigenvalue weighted by Crippen LogP contribution is -2.28. The van der Waals surface area contributed by atoms with E-state index in [9.17, 15) is 9.18 Å². The number of hydrogen-bond acceptors (Lipinski definition) is 6. The summed E-state index contributed by atoms with van der Waals surface area (Å²) in [4.78, 5) is 13.1. The SMILES string of the molecule is CCN(CCCN(O)O)C(=C1CCC1)c1ccc(OC(C)=O)c(F)c1. The molecule has 0 bridgehead atoms. The average molecular weight is 352 g/mol. The molecule has 0 aromatic heterocycles. The molecule has 25 heavy (non-hydrogen) atoms. The van der Waals surface area contributed by atoms with Gasteiger partial charge in [0.05, 0.1) is 6.54 Å². The van der Waals surface area contributed by atoms with E-state index in [4.69, 9.17) is 15.2 Å². The van der Waals surface area contributed by atoms with Crippen molar-refractivity contribution in [1.82, 2.24) is 10.1 Å². The van der Waals surface area contributed by atoms with Crippen LogP contribution in [0.15, 0.2) is 23.8 Å². The van der Waals surface area contributed by atoms with Crippen molar-refractivity contribution in [2.24, 2.45) is 0 Å². The van der Waals surface area contributed by atoms with E-state index in [0.717, 1.165) is 37.1 Å². The van der Waals surface area contributed by atoms with E-state index in [1.807, 2.05) is 6.92 Å². The Morgan fingerprint density at radius 2 is 2.00 bits per heavy atom. The molecule has 0 aliphatic heterocycles. The minimum atomic E-state index is -0.571. The molecule has 0 amide bonds. The molecule has 0 saturated heterocycles. The topological polar surface area (TPSA) is 73.2 Å². The molecule has 2 rings (SSSR count). The summed E-state index contributed by atoms with van der Waals surface area (Å²) in [5.41, 5.74) is 3.01. The standard InChI is InChI=1S/C18H25FN2O4/c1-3-20(10-5-11-21(23)24)18(14-6-4-7-14)15-8-9-17(16(19)12-15)25-13(2)22/h8-9,12,23-24H,3-7,10-11H2,1-2H3. The number of benzene rings is 1. The van der Waals surface area contributed by atoms with Gasteiger partial charge in [0, 0.05) is 31.3 Å². The molecule has 138 valence electrons. The first-order valence-electron chi connectivity index (χ1n) is 8.53. The molecule has 1 fully saturated rings. The molecule has 1 aliphatic carbocycles. The number of hydrogen-bond donors (Lipinski definition) is 2. The number of carbonyl (C=O) groups excluding carboxylic acids is 1. The molecule has 1 aromatic carbocycles. The summed E-state index contributed by atoms with van der Waals surface area (Å²) in [7, 11) is 0. The monoisotopic (exact) mass is 352 g/mol. The molecule has 0 atom stereocenters. The average Bonchev–Trinajstić information content (AvgIpc) is 2.49. The third kappa shape index (κ3) is 5.26. The van der Waals surface area contributed by atoms with Crippen molar-refractivity contribution in [3.05, 3.63) is 35.2 Å². The molecule has 1 aromatic rings. The van der Waals surface area contributed by atoms with E-state index in [2.05, 4.69) is 4.90 Å². The Bertz CT molecular complexity index is 640. The summed E-state index contributed by atoms with van der Waals surface area (Å²) in [5, 5.41) is 17.9. The summed E-state index contributed by atoms with van der Waals surface area (Å²) in [6.07, 6.45) is 3.63. The Balaban J connectivity index is 2.25. The molecule has 1 saturated carbocycles. The normalized spacial score (nSPS) is 13.6. The van der Waals surface area contributed by atoms with Crippen LogP contribution in [-0.2, 0) is 4.79 Å². The van der Waals surface area contributed by atoms with Gasteiger partial charge in [0.25, 0.3) is 0 Å². The molecule has 0 spiro atoms. The number of rotatable bonds is 8. The first kappa shape index (κ1) is 19.4. The molecule has 7 heteroatoms. The highest BCUT2D eigenvalue weighted by Gasteiger charge is 2.21. The number of esters is 1. The van der Waals surface area contributed by atoms with Gasteiger partial charge in [0.1, 0.15) is 0 Å². The second-order valence-corrected chi connectivity index (χ2v) is 6.07. The highest BCUT2D eigenvalue weighted by atomic mass is 19.1. The Kier molecular flexibility index (Phi) is 6.92. The summed E-state index contributed by atoms with van der Waals surface area (Å²) in [5.74, 6) is -1.21. The molecule has 1 aliphatic rings. The maximum absolute atomic E-state index is 14.3. The lowest BCUT2D eigenvalue weighted by Gasteiger charge is -2.32. The summed E-state index contributed by atoms with van der Waals surface area (Å²) in [6, 6.07) is 4.63. The van der Waals surface area contributed by atoms with Gasteiger partial charge in [-0.1, -0.05) is 5.23 Å². The van der Waals surface area contributed by atoms with Crippen molar-refractivity contribution < 1.29 is 24.3 Å². The summed E-state index contributed by atoms with van der Waals surface area (Å²) >= 11 is 0. The second kappa shape index (κ2) is 8.94. The predicted molar refractivity (Wildman–Crippen MR) is 90.6 cm³/mol. The zero-order valence-corrected chi connectivity index (χ0v) is 14.7.